The summed E-state index contributed by atoms with van der Waals surface area (Å²) in [6.07, 6.45) is 1.96. The highest BCUT2D eigenvalue weighted by atomic mass is 19.1. The van der Waals surface area contributed by atoms with E-state index in [0.29, 0.717) is 31.5 Å². The van der Waals surface area contributed by atoms with Crippen LogP contribution in [0.5, 0.6) is 0 Å². The minimum atomic E-state index is -0.508. The fourth-order valence-electron chi connectivity index (χ4n) is 6.17. The quantitative estimate of drug-likeness (QED) is 0.469. The Bertz CT molecular complexity index is 1440. The number of Topliss-reactive ketones (excluding diaryl/α,β-unsaturated/α-hetero) is 1. The van der Waals surface area contributed by atoms with Crippen LogP contribution < -0.4 is 10.2 Å². The largest absolute Gasteiger partial charge is 0.357 e. The molecule has 1 aliphatic carbocycles. The van der Waals surface area contributed by atoms with Gasteiger partial charge in [0.1, 0.15) is 5.82 Å². The molecule has 0 aromatic heterocycles. The Labute approximate surface area is 223 Å². The first-order chi connectivity index (χ1) is 18.3. The van der Waals surface area contributed by atoms with Crippen molar-refractivity contribution in [3.05, 3.63) is 107 Å². The Morgan fingerprint density at radius 1 is 0.974 bits per heavy atom. The summed E-state index contributed by atoms with van der Waals surface area (Å²) in [5, 5.41) is 3.57. The molecule has 1 unspecified atom stereocenters. The summed E-state index contributed by atoms with van der Waals surface area (Å²) < 4.78 is 14.0. The van der Waals surface area contributed by atoms with E-state index < -0.39 is 6.04 Å². The number of carbonyl (C=O) groups excluding carboxylic acids is 2. The normalized spacial score (nSPS) is 20.2. The van der Waals surface area contributed by atoms with Crippen molar-refractivity contribution in [3.63, 3.8) is 0 Å². The van der Waals surface area contributed by atoms with Crippen molar-refractivity contribution < 1.29 is 14.0 Å². The van der Waals surface area contributed by atoms with Crippen LogP contribution in [0.3, 0.4) is 0 Å². The van der Waals surface area contributed by atoms with Crippen molar-refractivity contribution in [1.82, 2.24) is 4.90 Å². The summed E-state index contributed by atoms with van der Waals surface area (Å²) in [6, 6.07) is 22.0. The highest BCUT2D eigenvalue weighted by Crippen LogP contribution is 2.48. The molecule has 3 aliphatic rings. The van der Waals surface area contributed by atoms with Crippen molar-refractivity contribution in [2.45, 2.75) is 45.7 Å². The summed E-state index contributed by atoms with van der Waals surface area (Å²) in [7, 11) is 0. The number of hydrogen-bond acceptors (Lipinski definition) is 4. The Balaban J connectivity index is 1.44. The minimum Gasteiger partial charge on any atom is -0.357 e. The van der Waals surface area contributed by atoms with E-state index in [1.165, 1.54) is 23.3 Å². The zero-order chi connectivity index (χ0) is 26.4. The zero-order valence-corrected chi connectivity index (χ0v) is 21.8. The molecule has 6 heteroatoms. The molecule has 0 radical (unpaired) electrons. The summed E-state index contributed by atoms with van der Waals surface area (Å²) in [5.41, 5.74) is 6.35. The Morgan fingerprint density at radius 2 is 1.68 bits per heavy atom. The van der Waals surface area contributed by atoms with E-state index in [0.717, 1.165) is 29.1 Å². The molecule has 0 saturated carbocycles. The number of fused-ring (bicyclic) bond motifs is 2. The van der Waals surface area contributed by atoms with E-state index in [4.69, 9.17) is 0 Å². The van der Waals surface area contributed by atoms with Gasteiger partial charge in [-0.1, -0.05) is 62.4 Å². The molecule has 1 N–H and O–H groups in total. The van der Waals surface area contributed by atoms with Crippen LogP contribution in [0.25, 0.3) is 0 Å². The lowest BCUT2D eigenvalue weighted by atomic mass is 9.73. The molecular formula is C32H32FN3O2. The first-order valence-electron chi connectivity index (χ1n) is 13.3. The second-order valence-corrected chi connectivity index (χ2v) is 11.4. The molecule has 3 aromatic rings. The van der Waals surface area contributed by atoms with Gasteiger partial charge in [-0.05, 0) is 59.2 Å². The van der Waals surface area contributed by atoms with Crippen LogP contribution in [0.2, 0.25) is 0 Å². The molecule has 0 bridgehead atoms. The lowest BCUT2D eigenvalue weighted by Gasteiger charge is -2.39. The SMILES string of the molecule is CC1(C)CC(=O)C2=C(C1)Nc1ccccc1N(CC(=O)N1CCc3ccccc3C1)C2c1ccc(F)cc1. The van der Waals surface area contributed by atoms with Crippen LogP contribution in [0.4, 0.5) is 15.8 Å². The van der Waals surface area contributed by atoms with Gasteiger partial charge >= 0.3 is 0 Å². The number of halogens is 1. The predicted molar refractivity (Wildman–Crippen MR) is 147 cm³/mol. The zero-order valence-electron chi connectivity index (χ0n) is 21.8. The number of nitrogens with zero attached hydrogens (tertiary/aromatic N) is 2. The molecule has 1 amide bonds. The number of anilines is 2. The number of ketones is 1. The fourth-order valence-corrected chi connectivity index (χ4v) is 6.17. The number of allylic oxidation sites excluding steroid dienone is 1. The highest BCUT2D eigenvalue weighted by molar-refractivity contribution is 6.01. The Morgan fingerprint density at radius 3 is 2.47 bits per heavy atom. The molecule has 0 spiro atoms. The van der Waals surface area contributed by atoms with E-state index in [1.807, 2.05) is 46.2 Å². The lowest BCUT2D eigenvalue weighted by Crippen LogP contribution is -2.45. The number of para-hydroxylation sites is 2. The van der Waals surface area contributed by atoms with Gasteiger partial charge in [0.15, 0.2) is 5.78 Å². The van der Waals surface area contributed by atoms with Crippen molar-refractivity contribution in [2.24, 2.45) is 5.41 Å². The van der Waals surface area contributed by atoms with Crippen LogP contribution >= 0.6 is 0 Å². The van der Waals surface area contributed by atoms with E-state index in [1.54, 1.807) is 12.1 Å². The average Bonchev–Trinajstić information content (AvgIpc) is 3.02. The molecule has 194 valence electrons. The molecule has 5 nitrogen and oxygen atoms in total. The van der Waals surface area contributed by atoms with Crippen LogP contribution in [0.15, 0.2) is 84.1 Å². The standard InChI is InChI=1S/C32H32FN3O2/c1-32(2)17-26-30(28(37)18-32)31(22-11-13-24(33)14-12-22)36(27-10-6-5-9-25(27)34-26)20-29(38)35-16-15-21-7-3-4-8-23(21)19-35/h3-14,31,34H,15-20H2,1-2H3. The van der Waals surface area contributed by atoms with Crippen molar-refractivity contribution in [1.29, 1.82) is 0 Å². The summed E-state index contributed by atoms with van der Waals surface area (Å²) in [4.78, 5) is 31.6. The van der Waals surface area contributed by atoms with E-state index in [2.05, 4.69) is 31.3 Å². The lowest BCUT2D eigenvalue weighted by molar-refractivity contribution is -0.130. The van der Waals surface area contributed by atoms with E-state index >= 15 is 0 Å². The summed E-state index contributed by atoms with van der Waals surface area (Å²) in [5.74, 6) is -0.259. The molecule has 2 heterocycles. The Kier molecular flexibility index (Phi) is 6.05. The van der Waals surface area contributed by atoms with Gasteiger partial charge in [-0.15, -0.1) is 0 Å². The molecule has 3 aromatic carbocycles. The van der Waals surface area contributed by atoms with Gasteiger partial charge in [0.25, 0.3) is 0 Å². The second-order valence-electron chi connectivity index (χ2n) is 11.4. The minimum absolute atomic E-state index is 0.00839. The van der Waals surface area contributed by atoms with Gasteiger partial charge < -0.3 is 15.1 Å². The van der Waals surface area contributed by atoms with E-state index in [9.17, 15) is 14.0 Å². The Hall–Kier alpha value is -3.93. The first kappa shape index (κ1) is 24.4. The topological polar surface area (TPSA) is 52.7 Å². The maximum atomic E-state index is 14.0. The van der Waals surface area contributed by atoms with Crippen LogP contribution in [-0.4, -0.2) is 29.7 Å². The molecule has 1 atom stereocenters. The van der Waals surface area contributed by atoms with Crippen LogP contribution in [0.1, 0.15) is 49.4 Å². The number of benzene rings is 3. The maximum absolute atomic E-state index is 14.0. The van der Waals surface area contributed by atoms with Crippen molar-refractivity contribution in [3.8, 4) is 0 Å². The van der Waals surface area contributed by atoms with Crippen LogP contribution in [0, 0.1) is 11.2 Å². The van der Waals surface area contributed by atoms with Crippen LogP contribution in [-0.2, 0) is 22.6 Å². The number of hydrogen-bond donors (Lipinski definition) is 1. The third-order valence-corrected chi connectivity index (χ3v) is 7.98. The molecule has 2 aliphatic heterocycles. The molecule has 0 saturated heterocycles. The fraction of sp³-hybridized carbons (Fsp3) is 0.312. The maximum Gasteiger partial charge on any atom is 0.242 e. The van der Waals surface area contributed by atoms with Gasteiger partial charge in [0, 0.05) is 30.8 Å². The number of amides is 1. The summed E-state index contributed by atoms with van der Waals surface area (Å²) >= 11 is 0. The average molecular weight is 510 g/mol. The molecular weight excluding hydrogens is 477 g/mol. The van der Waals surface area contributed by atoms with Gasteiger partial charge in [-0.2, -0.15) is 0 Å². The van der Waals surface area contributed by atoms with Gasteiger partial charge in [0.05, 0.1) is 24.0 Å². The number of nitrogens with one attached hydrogen (secondary N) is 1. The van der Waals surface area contributed by atoms with Crippen molar-refractivity contribution in [2.75, 3.05) is 23.3 Å². The van der Waals surface area contributed by atoms with Gasteiger partial charge in [-0.25, -0.2) is 4.39 Å². The molecule has 0 fully saturated rings. The monoisotopic (exact) mass is 509 g/mol. The van der Waals surface area contributed by atoms with Gasteiger partial charge in [0.2, 0.25) is 5.91 Å². The van der Waals surface area contributed by atoms with Gasteiger partial charge in [-0.3, -0.25) is 9.59 Å². The first-order valence-corrected chi connectivity index (χ1v) is 13.3. The number of rotatable bonds is 3. The third kappa shape index (κ3) is 4.49. The second kappa shape index (κ2) is 9.43. The molecule has 6 rings (SSSR count). The highest BCUT2D eigenvalue weighted by Gasteiger charge is 2.42. The van der Waals surface area contributed by atoms with E-state index in [-0.39, 0.29) is 29.5 Å². The summed E-state index contributed by atoms with van der Waals surface area (Å²) in [6.45, 7) is 5.55. The van der Waals surface area contributed by atoms with Crippen molar-refractivity contribution >= 4 is 23.1 Å². The molecule has 38 heavy (non-hydrogen) atoms. The third-order valence-electron chi connectivity index (χ3n) is 7.98. The predicted octanol–water partition coefficient (Wildman–Crippen LogP) is 6.03. The smallest absolute Gasteiger partial charge is 0.242 e. The number of carbonyl (C=O) groups is 2.